The first-order valence-electron chi connectivity index (χ1n) is 5.41. The van der Waals surface area contributed by atoms with E-state index in [1.807, 2.05) is 0 Å². The Morgan fingerprint density at radius 2 is 1.89 bits per heavy atom. The van der Waals surface area contributed by atoms with E-state index in [1.165, 1.54) is 17.4 Å². The minimum Gasteiger partial charge on any atom is -0.478 e. The number of rotatable bonds is 4. The molecule has 2 rings (SSSR count). The number of halogens is 1. The molecule has 0 radical (unpaired) electrons. The molecule has 1 aromatic heterocycles. The molecule has 4 nitrogen and oxygen atoms in total. The van der Waals surface area contributed by atoms with Gasteiger partial charge in [0.1, 0.15) is 5.00 Å². The van der Waals surface area contributed by atoms with Crippen molar-refractivity contribution in [1.29, 1.82) is 0 Å². The van der Waals surface area contributed by atoms with E-state index in [9.17, 15) is 9.59 Å². The number of carboxylic acids is 1. The quantitative estimate of drug-likeness (QED) is 0.909. The van der Waals surface area contributed by atoms with Crippen molar-refractivity contribution in [3.63, 3.8) is 0 Å². The first-order valence-corrected chi connectivity index (χ1v) is 6.67. The number of nitrogens with one attached hydrogen (secondary N) is 1. The van der Waals surface area contributed by atoms with Crippen LogP contribution in [0.15, 0.2) is 35.7 Å². The molecule has 0 aliphatic rings. The number of amides is 1. The van der Waals surface area contributed by atoms with Crippen molar-refractivity contribution >= 4 is 39.8 Å². The summed E-state index contributed by atoms with van der Waals surface area (Å²) in [6, 6.07) is 8.39. The standard InChI is InChI=1S/C13H10ClNO3S/c14-9-3-1-8(2-4-9)7-11(16)15-12-10(13(17)18)5-6-19-12/h1-6H,7H2,(H,15,16)(H,17,18). The Labute approximate surface area is 118 Å². The zero-order valence-corrected chi connectivity index (χ0v) is 11.3. The van der Waals surface area contributed by atoms with E-state index in [0.29, 0.717) is 10.0 Å². The van der Waals surface area contributed by atoms with Crippen LogP contribution in [0, 0.1) is 0 Å². The second kappa shape index (κ2) is 5.86. The summed E-state index contributed by atoms with van der Waals surface area (Å²) < 4.78 is 0. The van der Waals surface area contributed by atoms with Gasteiger partial charge < -0.3 is 10.4 Å². The molecule has 1 amide bonds. The lowest BCUT2D eigenvalue weighted by atomic mass is 10.1. The van der Waals surface area contributed by atoms with E-state index in [0.717, 1.165) is 5.56 Å². The smallest absolute Gasteiger partial charge is 0.338 e. The van der Waals surface area contributed by atoms with E-state index < -0.39 is 5.97 Å². The predicted molar refractivity (Wildman–Crippen MR) is 75.1 cm³/mol. The summed E-state index contributed by atoms with van der Waals surface area (Å²) in [5.41, 5.74) is 0.921. The molecule has 1 aromatic carbocycles. The molecule has 0 saturated carbocycles. The van der Waals surface area contributed by atoms with Crippen molar-refractivity contribution in [3.8, 4) is 0 Å². The molecule has 0 aliphatic heterocycles. The lowest BCUT2D eigenvalue weighted by Gasteiger charge is -2.04. The zero-order valence-electron chi connectivity index (χ0n) is 9.72. The Hall–Kier alpha value is -1.85. The normalized spacial score (nSPS) is 10.2. The molecule has 2 N–H and O–H groups in total. The number of hydrogen-bond donors (Lipinski definition) is 2. The molecule has 2 aromatic rings. The number of benzene rings is 1. The first kappa shape index (κ1) is 13.6. The van der Waals surface area contributed by atoms with Crippen molar-refractivity contribution in [3.05, 3.63) is 51.9 Å². The van der Waals surface area contributed by atoms with Crippen molar-refractivity contribution in [2.24, 2.45) is 0 Å². The molecule has 19 heavy (non-hydrogen) atoms. The van der Waals surface area contributed by atoms with E-state index in [1.54, 1.807) is 29.6 Å². The minimum atomic E-state index is -1.05. The van der Waals surface area contributed by atoms with Crippen molar-refractivity contribution in [2.75, 3.05) is 5.32 Å². The van der Waals surface area contributed by atoms with Gasteiger partial charge in [0.2, 0.25) is 5.91 Å². The Morgan fingerprint density at radius 3 is 2.53 bits per heavy atom. The number of aromatic carboxylic acids is 1. The fraction of sp³-hybridized carbons (Fsp3) is 0.0769. The van der Waals surface area contributed by atoms with Gasteiger partial charge in [-0.2, -0.15) is 0 Å². The van der Waals surface area contributed by atoms with Crippen molar-refractivity contribution in [2.45, 2.75) is 6.42 Å². The van der Waals surface area contributed by atoms with E-state index in [-0.39, 0.29) is 17.9 Å². The molecule has 1 heterocycles. The summed E-state index contributed by atoms with van der Waals surface area (Å²) in [7, 11) is 0. The molecule has 0 saturated heterocycles. The van der Waals surface area contributed by atoms with E-state index >= 15 is 0 Å². The lowest BCUT2D eigenvalue weighted by molar-refractivity contribution is -0.115. The molecule has 0 atom stereocenters. The Bertz CT molecular complexity index is 607. The van der Waals surface area contributed by atoms with Crippen LogP contribution in [0.3, 0.4) is 0 Å². The fourth-order valence-electron chi connectivity index (χ4n) is 1.53. The van der Waals surface area contributed by atoms with Gasteiger partial charge >= 0.3 is 5.97 Å². The minimum absolute atomic E-state index is 0.106. The highest BCUT2D eigenvalue weighted by Gasteiger charge is 2.13. The highest BCUT2D eigenvalue weighted by Crippen LogP contribution is 2.23. The van der Waals surface area contributed by atoms with Crippen LogP contribution < -0.4 is 5.32 Å². The SMILES string of the molecule is O=C(Cc1ccc(Cl)cc1)Nc1sccc1C(=O)O. The average molecular weight is 296 g/mol. The van der Waals surface area contributed by atoms with Gasteiger partial charge in [0.25, 0.3) is 0 Å². The molecule has 98 valence electrons. The van der Waals surface area contributed by atoms with Crippen LogP contribution >= 0.6 is 22.9 Å². The van der Waals surface area contributed by atoms with Gasteiger partial charge in [-0.3, -0.25) is 4.79 Å². The van der Waals surface area contributed by atoms with Crippen LogP contribution in [-0.4, -0.2) is 17.0 Å². The average Bonchev–Trinajstić information content (AvgIpc) is 2.80. The van der Waals surface area contributed by atoms with Crippen LogP contribution in [-0.2, 0) is 11.2 Å². The van der Waals surface area contributed by atoms with Crippen molar-refractivity contribution in [1.82, 2.24) is 0 Å². The number of hydrogen-bond acceptors (Lipinski definition) is 3. The second-order valence-electron chi connectivity index (χ2n) is 3.82. The number of carbonyl (C=O) groups excluding carboxylic acids is 1. The molecular formula is C13H10ClNO3S. The maximum atomic E-state index is 11.8. The third kappa shape index (κ3) is 3.56. The third-order valence-electron chi connectivity index (χ3n) is 2.43. The molecule has 0 fully saturated rings. The third-order valence-corrected chi connectivity index (χ3v) is 3.51. The number of thiophene rings is 1. The first-order chi connectivity index (χ1) is 9.06. The number of carboxylic acid groups (broad SMARTS) is 1. The van der Waals surface area contributed by atoms with Crippen LogP contribution in [0.4, 0.5) is 5.00 Å². The van der Waals surface area contributed by atoms with Gasteiger partial charge in [0.05, 0.1) is 12.0 Å². The van der Waals surface area contributed by atoms with Gasteiger partial charge in [-0.15, -0.1) is 11.3 Å². The Balaban J connectivity index is 2.03. The summed E-state index contributed by atoms with van der Waals surface area (Å²) >= 11 is 6.94. The van der Waals surface area contributed by atoms with Crippen LogP contribution in [0.2, 0.25) is 5.02 Å². The molecule has 6 heteroatoms. The van der Waals surface area contributed by atoms with Gasteiger partial charge in [-0.25, -0.2) is 4.79 Å². The van der Waals surface area contributed by atoms with Crippen LogP contribution in [0.5, 0.6) is 0 Å². The summed E-state index contributed by atoms with van der Waals surface area (Å²) in [6.45, 7) is 0. The maximum absolute atomic E-state index is 11.8. The van der Waals surface area contributed by atoms with E-state index in [4.69, 9.17) is 16.7 Å². The summed E-state index contributed by atoms with van der Waals surface area (Å²) in [6.07, 6.45) is 0.175. The second-order valence-corrected chi connectivity index (χ2v) is 5.17. The topological polar surface area (TPSA) is 66.4 Å². The van der Waals surface area contributed by atoms with E-state index in [2.05, 4.69) is 5.32 Å². The Morgan fingerprint density at radius 1 is 1.21 bits per heavy atom. The van der Waals surface area contributed by atoms with Crippen molar-refractivity contribution < 1.29 is 14.7 Å². The Kier molecular flexibility index (Phi) is 4.19. The van der Waals surface area contributed by atoms with Gasteiger partial charge in [0.15, 0.2) is 0 Å². The number of carbonyl (C=O) groups is 2. The monoisotopic (exact) mass is 295 g/mol. The molecule has 0 spiro atoms. The fourth-order valence-corrected chi connectivity index (χ4v) is 2.45. The highest BCUT2D eigenvalue weighted by molar-refractivity contribution is 7.14. The van der Waals surface area contributed by atoms with Gasteiger partial charge in [-0.05, 0) is 29.1 Å². The summed E-state index contributed by atoms with van der Waals surface area (Å²) in [5.74, 6) is -1.31. The van der Waals surface area contributed by atoms with Gasteiger partial charge in [0, 0.05) is 5.02 Å². The zero-order chi connectivity index (χ0) is 13.8. The maximum Gasteiger partial charge on any atom is 0.338 e. The summed E-state index contributed by atoms with van der Waals surface area (Å²) in [4.78, 5) is 22.7. The number of anilines is 1. The highest BCUT2D eigenvalue weighted by atomic mass is 35.5. The summed E-state index contributed by atoms with van der Waals surface area (Å²) in [5, 5.41) is 14.1. The molecule has 0 bridgehead atoms. The van der Waals surface area contributed by atoms with Crippen LogP contribution in [0.1, 0.15) is 15.9 Å². The predicted octanol–water partition coefficient (Wildman–Crippen LogP) is 3.28. The van der Waals surface area contributed by atoms with Gasteiger partial charge in [-0.1, -0.05) is 23.7 Å². The molecular weight excluding hydrogens is 286 g/mol. The van der Waals surface area contributed by atoms with Crippen LogP contribution in [0.25, 0.3) is 0 Å². The lowest BCUT2D eigenvalue weighted by Crippen LogP contribution is -2.15. The molecule has 0 aliphatic carbocycles. The molecule has 0 unspecified atom stereocenters. The largest absolute Gasteiger partial charge is 0.478 e.